The van der Waals surface area contributed by atoms with Crippen LogP contribution < -0.4 is 5.32 Å². The maximum absolute atomic E-state index is 12.8. The fourth-order valence-corrected chi connectivity index (χ4v) is 5.46. The molecule has 0 bridgehead atoms. The van der Waals surface area contributed by atoms with Gasteiger partial charge in [0.25, 0.3) is 5.91 Å². The van der Waals surface area contributed by atoms with Gasteiger partial charge in [-0.25, -0.2) is 8.42 Å². The van der Waals surface area contributed by atoms with Crippen molar-refractivity contribution in [3.05, 3.63) is 29.8 Å². The van der Waals surface area contributed by atoms with Gasteiger partial charge in [0.2, 0.25) is 10.0 Å². The summed E-state index contributed by atoms with van der Waals surface area (Å²) in [7, 11) is -3.58. The predicted octanol–water partition coefficient (Wildman–Crippen LogP) is 3.20. The number of likely N-dealkylation sites (tertiary alicyclic amines) is 1. The van der Waals surface area contributed by atoms with Crippen molar-refractivity contribution >= 4 is 15.9 Å². The van der Waals surface area contributed by atoms with E-state index in [0.29, 0.717) is 31.1 Å². The first-order valence-corrected chi connectivity index (χ1v) is 12.3. The fourth-order valence-electron chi connectivity index (χ4n) is 3.96. The molecule has 164 valence electrons. The molecule has 1 aliphatic heterocycles. The predicted molar refractivity (Wildman–Crippen MR) is 117 cm³/mol. The van der Waals surface area contributed by atoms with Gasteiger partial charge in [-0.1, -0.05) is 40.7 Å². The van der Waals surface area contributed by atoms with Crippen molar-refractivity contribution in [3.63, 3.8) is 0 Å². The van der Waals surface area contributed by atoms with Crippen LogP contribution >= 0.6 is 0 Å². The highest BCUT2D eigenvalue weighted by atomic mass is 32.2. The van der Waals surface area contributed by atoms with Crippen molar-refractivity contribution in [1.82, 2.24) is 14.5 Å². The molecule has 7 heteroatoms. The van der Waals surface area contributed by atoms with Gasteiger partial charge in [-0.3, -0.25) is 9.69 Å². The zero-order valence-corrected chi connectivity index (χ0v) is 19.3. The molecule has 1 unspecified atom stereocenters. The Hall–Kier alpha value is -1.44. The zero-order chi connectivity index (χ0) is 21.6. The Labute approximate surface area is 176 Å². The number of amides is 1. The van der Waals surface area contributed by atoms with Gasteiger partial charge in [-0.2, -0.15) is 4.31 Å². The molecule has 0 saturated carbocycles. The molecule has 1 N–H and O–H groups in total. The third kappa shape index (κ3) is 6.03. The molecule has 1 fully saturated rings. The summed E-state index contributed by atoms with van der Waals surface area (Å²) in [4.78, 5) is 15.4. The average molecular weight is 424 g/mol. The minimum Gasteiger partial charge on any atom is -0.350 e. The summed E-state index contributed by atoms with van der Waals surface area (Å²) in [6.07, 6.45) is 2.39. The summed E-state index contributed by atoms with van der Waals surface area (Å²) in [5.41, 5.74) is 0.382. The Kier molecular flexibility index (Phi) is 8.67. The Morgan fingerprint density at radius 2 is 1.83 bits per heavy atom. The Morgan fingerprint density at radius 3 is 2.38 bits per heavy atom. The van der Waals surface area contributed by atoms with Gasteiger partial charge in [0.1, 0.15) is 0 Å². The number of carbonyl (C=O) groups excluding carboxylic acids is 1. The summed E-state index contributed by atoms with van der Waals surface area (Å²) in [5, 5.41) is 3.04. The van der Waals surface area contributed by atoms with Gasteiger partial charge in [0, 0.05) is 31.2 Å². The van der Waals surface area contributed by atoms with Gasteiger partial charge in [-0.05, 0) is 56.0 Å². The number of nitrogens with one attached hydrogen (secondary N) is 1. The van der Waals surface area contributed by atoms with Crippen LogP contribution in [0.4, 0.5) is 0 Å². The molecule has 1 aromatic rings. The van der Waals surface area contributed by atoms with E-state index in [0.717, 1.165) is 19.0 Å². The van der Waals surface area contributed by atoms with Crippen molar-refractivity contribution in [1.29, 1.82) is 0 Å². The number of hydrogen-bond donors (Lipinski definition) is 1. The lowest BCUT2D eigenvalue weighted by molar-refractivity contribution is 0.0863. The van der Waals surface area contributed by atoms with Crippen LogP contribution in [0.2, 0.25) is 0 Å². The number of carbonyl (C=O) groups is 1. The van der Waals surface area contributed by atoms with E-state index in [4.69, 9.17) is 0 Å². The largest absolute Gasteiger partial charge is 0.350 e. The summed E-state index contributed by atoms with van der Waals surface area (Å²) in [5.74, 6) is 0.972. The van der Waals surface area contributed by atoms with Gasteiger partial charge >= 0.3 is 0 Å². The van der Waals surface area contributed by atoms with Crippen LogP contribution in [0.5, 0.6) is 0 Å². The maximum Gasteiger partial charge on any atom is 0.251 e. The van der Waals surface area contributed by atoms with Crippen LogP contribution in [0.3, 0.4) is 0 Å². The SMILES string of the molecule is CCN(CC)S(=O)(=O)c1cccc(C(=O)NCC(C(C)C)N2CCC(C)CC2)c1. The number of benzene rings is 1. The lowest BCUT2D eigenvalue weighted by Crippen LogP contribution is -2.49. The number of nitrogens with zero attached hydrogens (tertiary/aromatic N) is 2. The van der Waals surface area contributed by atoms with Crippen molar-refractivity contribution in [2.24, 2.45) is 11.8 Å². The standard InChI is InChI=1S/C22H37N3O3S/c1-6-25(7-2)29(27,28)20-10-8-9-19(15-20)22(26)23-16-21(17(3)4)24-13-11-18(5)12-14-24/h8-10,15,17-18,21H,6-7,11-14,16H2,1-5H3,(H,23,26). The summed E-state index contributed by atoms with van der Waals surface area (Å²) in [6, 6.07) is 6.63. The molecule has 0 spiro atoms. The quantitative estimate of drug-likeness (QED) is 0.662. The van der Waals surface area contributed by atoms with E-state index in [1.165, 1.54) is 23.2 Å². The van der Waals surface area contributed by atoms with E-state index in [-0.39, 0.29) is 16.8 Å². The van der Waals surface area contributed by atoms with E-state index in [1.807, 2.05) is 13.8 Å². The molecule has 1 amide bonds. The van der Waals surface area contributed by atoms with Crippen LogP contribution in [-0.4, -0.2) is 62.3 Å². The highest BCUT2D eigenvalue weighted by Gasteiger charge is 2.27. The topological polar surface area (TPSA) is 69.7 Å². The van der Waals surface area contributed by atoms with Crippen molar-refractivity contribution in [3.8, 4) is 0 Å². The van der Waals surface area contributed by atoms with E-state index in [1.54, 1.807) is 18.2 Å². The molecular formula is C22H37N3O3S. The third-order valence-electron chi connectivity index (χ3n) is 5.97. The van der Waals surface area contributed by atoms with Gasteiger partial charge < -0.3 is 5.32 Å². The summed E-state index contributed by atoms with van der Waals surface area (Å²) in [6.45, 7) is 13.8. The molecule has 1 atom stereocenters. The molecule has 6 nitrogen and oxygen atoms in total. The molecule has 0 radical (unpaired) electrons. The van der Waals surface area contributed by atoms with E-state index < -0.39 is 10.0 Å². The normalized spacial score (nSPS) is 17.6. The van der Waals surface area contributed by atoms with Crippen LogP contribution in [0.15, 0.2) is 29.2 Å². The molecule has 1 aliphatic rings. The van der Waals surface area contributed by atoms with Gasteiger partial charge in [0.15, 0.2) is 0 Å². The first kappa shape index (κ1) is 23.8. The highest BCUT2D eigenvalue weighted by molar-refractivity contribution is 7.89. The lowest BCUT2D eigenvalue weighted by Gasteiger charge is -2.38. The smallest absolute Gasteiger partial charge is 0.251 e. The van der Waals surface area contributed by atoms with Crippen LogP contribution in [0.1, 0.15) is 57.8 Å². The number of hydrogen-bond acceptors (Lipinski definition) is 4. The Morgan fingerprint density at radius 1 is 1.21 bits per heavy atom. The molecule has 1 aromatic carbocycles. The second-order valence-electron chi connectivity index (χ2n) is 8.36. The van der Waals surface area contributed by atoms with Crippen LogP contribution in [-0.2, 0) is 10.0 Å². The molecule has 1 saturated heterocycles. The highest BCUT2D eigenvalue weighted by Crippen LogP contribution is 2.21. The molecule has 2 rings (SSSR count). The zero-order valence-electron chi connectivity index (χ0n) is 18.5. The molecule has 29 heavy (non-hydrogen) atoms. The van der Waals surface area contributed by atoms with Crippen LogP contribution in [0.25, 0.3) is 0 Å². The number of sulfonamides is 1. The number of piperidine rings is 1. The lowest BCUT2D eigenvalue weighted by atomic mass is 9.94. The summed E-state index contributed by atoms with van der Waals surface area (Å²) < 4.78 is 26.9. The first-order valence-electron chi connectivity index (χ1n) is 10.8. The monoisotopic (exact) mass is 423 g/mol. The second-order valence-corrected chi connectivity index (χ2v) is 10.3. The van der Waals surface area contributed by atoms with Crippen molar-refractivity contribution in [2.75, 3.05) is 32.7 Å². The number of rotatable bonds is 9. The van der Waals surface area contributed by atoms with E-state index >= 15 is 0 Å². The maximum atomic E-state index is 12.8. The first-order chi connectivity index (χ1) is 13.7. The fraction of sp³-hybridized carbons (Fsp3) is 0.682. The average Bonchev–Trinajstić information content (AvgIpc) is 2.70. The van der Waals surface area contributed by atoms with Gasteiger partial charge in [0.05, 0.1) is 4.90 Å². The molecule has 0 aromatic heterocycles. The second kappa shape index (κ2) is 10.5. The minimum absolute atomic E-state index is 0.166. The Balaban J connectivity index is 2.08. The van der Waals surface area contributed by atoms with Crippen molar-refractivity contribution in [2.45, 2.75) is 58.4 Å². The molecule has 1 heterocycles. The molecular weight excluding hydrogens is 386 g/mol. The minimum atomic E-state index is -3.58. The summed E-state index contributed by atoms with van der Waals surface area (Å²) >= 11 is 0. The van der Waals surface area contributed by atoms with E-state index in [2.05, 4.69) is 31.0 Å². The van der Waals surface area contributed by atoms with Gasteiger partial charge in [-0.15, -0.1) is 0 Å². The Bertz CT molecular complexity index is 767. The third-order valence-corrected chi connectivity index (χ3v) is 8.01. The molecule has 0 aliphatic carbocycles. The van der Waals surface area contributed by atoms with Crippen molar-refractivity contribution < 1.29 is 13.2 Å². The van der Waals surface area contributed by atoms with E-state index in [9.17, 15) is 13.2 Å². The van der Waals surface area contributed by atoms with Crippen LogP contribution in [0, 0.1) is 11.8 Å².